The Labute approximate surface area is 118 Å². The van der Waals surface area contributed by atoms with Crippen molar-refractivity contribution in [3.63, 3.8) is 0 Å². The van der Waals surface area contributed by atoms with Gasteiger partial charge < -0.3 is 15.3 Å². The van der Waals surface area contributed by atoms with E-state index >= 15 is 0 Å². The molecule has 1 saturated carbocycles. The maximum atomic E-state index is 12.1. The Morgan fingerprint density at radius 2 is 1.95 bits per heavy atom. The summed E-state index contributed by atoms with van der Waals surface area (Å²) >= 11 is 5.80. The average Bonchev–Trinajstić information content (AvgIpc) is 2.41. The van der Waals surface area contributed by atoms with Crippen LogP contribution in [-0.2, 0) is 0 Å². The first kappa shape index (κ1) is 14.2. The van der Waals surface area contributed by atoms with Gasteiger partial charge in [0.1, 0.15) is 0 Å². The highest BCUT2D eigenvalue weighted by atomic mass is 35.5. The van der Waals surface area contributed by atoms with Crippen LogP contribution in [0.3, 0.4) is 0 Å². The quantitative estimate of drug-likeness (QED) is 0.876. The van der Waals surface area contributed by atoms with E-state index in [9.17, 15) is 9.90 Å². The van der Waals surface area contributed by atoms with Gasteiger partial charge in [0.25, 0.3) is 0 Å². The van der Waals surface area contributed by atoms with Crippen LogP contribution in [0.1, 0.15) is 25.7 Å². The molecule has 1 aromatic carbocycles. The van der Waals surface area contributed by atoms with Crippen LogP contribution in [0.4, 0.5) is 10.5 Å². The second-order valence-electron chi connectivity index (χ2n) is 4.97. The van der Waals surface area contributed by atoms with Gasteiger partial charge in [0.2, 0.25) is 0 Å². The van der Waals surface area contributed by atoms with Crippen molar-refractivity contribution < 1.29 is 9.90 Å². The largest absolute Gasteiger partial charge is 0.391 e. The SMILES string of the molecule is CN(C(=O)Nc1ccc(Cl)cc1)[C@H]1CCCC[C@@H]1O. The predicted molar refractivity (Wildman–Crippen MR) is 76.5 cm³/mol. The van der Waals surface area contributed by atoms with Crippen LogP contribution in [0.25, 0.3) is 0 Å². The lowest BCUT2D eigenvalue weighted by molar-refractivity contribution is 0.0494. The van der Waals surface area contributed by atoms with Crippen molar-refractivity contribution in [1.82, 2.24) is 4.90 Å². The number of amides is 2. The number of hydrogen-bond donors (Lipinski definition) is 2. The highest BCUT2D eigenvalue weighted by molar-refractivity contribution is 6.30. The zero-order valence-electron chi connectivity index (χ0n) is 11.0. The highest BCUT2D eigenvalue weighted by Gasteiger charge is 2.29. The fourth-order valence-electron chi connectivity index (χ4n) is 2.44. The number of halogens is 1. The van der Waals surface area contributed by atoms with Gasteiger partial charge in [0, 0.05) is 17.8 Å². The van der Waals surface area contributed by atoms with E-state index in [1.807, 2.05) is 0 Å². The molecule has 0 bridgehead atoms. The molecule has 4 nitrogen and oxygen atoms in total. The first-order valence-corrected chi connectivity index (χ1v) is 6.93. The summed E-state index contributed by atoms with van der Waals surface area (Å²) in [7, 11) is 1.73. The Balaban J connectivity index is 1.96. The van der Waals surface area contributed by atoms with Gasteiger partial charge in [0.15, 0.2) is 0 Å². The molecule has 0 spiro atoms. The Hall–Kier alpha value is -1.26. The second-order valence-corrected chi connectivity index (χ2v) is 5.40. The molecule has 0 heterocycles. The molecule has 0 radical (unpaired) electrons. The number of carbonyl (C=O) groups is 1. The molecule has 0 aliphatic heterocycles. The molecule has 1 fully saturated rings. The molecule has 2 N–H and O–H groups in total. The van der Waals surface area contributed by atoms with Gasteiger partial charge in [-0.1, -0.05) is 24.4 Å². The molecule has 0 saturated heterocycles. The number of carbonyl (C=O) groups excluding carboxylic acids is 1. The van der Waals surface area contributed by atoms with Crippen LogP contribution in [0.5, 0.6) is 0 Å². The third-order valence-corrected chi connectivity index (χ3v) is 3.86. The van der Waals surface area contributed by atoms with Gasteiger partial charge in [-0.05, 0) is 37.1 Å². The molecule has 2 rings (SSSR count). The summed E-state index contributed by atoms with van der Waals surface area (Å²) in [6.07, 6.45) is 3.29. The highest BCUT2D eigenvalue weighted by Crippen LogP contribution is 2.23. The first-order valence-electron chi connectivity index (χ1n) is 6.55. The van der Waals surface area contributed by atoms with Crippen LogP contribution in [0, 0.1) is 0 Å². The lowest BCUT2D eigenvalue weighted by Crippen LogP contribution is -2.47. The number of likely N-dealkylation sites (N-methyl/N-ethyl adjacent to an activating group) is 1. The van der Waals surface area contributed by atoms with Gasteiger partial charge in [-0.25, -0.2) is 4.79 Å². The van der Waals surface area contributed by atoms with Crippen molar-refractivity contribution in [2.75, 3.05) is 12.4 Å². The molecule has 2 amide bonds. The van der Waals surface area contributed by atoms with E-state index in [1.165, 1.54) is 0 Å². The van der Waals surface area contributed by atoms with Gasteiger partial charge in [-0.2, -0.15) is 0 Å². The average molecular weight is 283 g/mol. The number of aliphatic hydroxyl groups excluding tert-OH is 1. The number of nitrogens with one attached hydrogen (secondary N) is 1. The van der Waals surface area contributed by atoms with Gasteiger partial charge in [0.05, 0.1) is 12.1 Å². The zero-order chi connectivity index (χ0) is 13.8. The number of aliphatic hydroxyl groups is 1. The minimum Gasteiger partial charge on any atom is -0.391 e. The summed E-state index contributed by atoms with van der Waals surface area (Å²) in [6.45, 7) is 0. The summed E-state index contributed by atoms with van der Waals surface area (Å²) in [5.41, 5.74) is 0.701. The van der Waals surface area contributed by atoms with Gasteiger partial charge in [-0.3, -0.25) is 0 Å². The van der Waals surface area contributed by atoms with Crippen LogP contribution < -0.4 is 5.32 Å². The third kappa shape index (κ3) is 3.61. The number of nitrogens with zero attached hydrogens (tertiary/aromatic N) is 1. The van der Waals surface area contributed by atoms with Crippen molar-refractivity contribution in [2.45, 2.75) is 37.8 Å². The summed E-state index contributed by atoms with van der Waals surface area (Å²) in [5, 5.41) is 13.4. The predicted octanol–water partition coefficient (Wildman–Crippen LogP) is 3.11. The fourth-order valence-corrected chi connectivity index (χ4v) is 2.56. The van der Waals surface area contributed by atoms with E-state index in [0.717, 1.165) is 25.7 Å². The van der Waals surface area contributed by atoms with Gasteiger partial charge in [-0.15, -0.1) is 0 Å². The lowest BCUT2D eigenvalue weighted by Gasteiger charge is -2.35. The number of rotatable bonds is 2. The number of urea groups is 1. The number of anilines is 1. The molecular formula is C14H19ClN2O2. The van der Waals surface area contributed by atoms with E-state index in [2.05, 4.69) is 5.32 Å². The molecule has 1 aliphatic rings. The molecule has 5 heteroatoms. The normalized spacial score (nSPS) is 22.9. The zero-order valence-corrected chi connectivity index (χ0v) is 11.7. The minimum absolute atomic E-state index is 0.0962. The lowest BCUT2D eigenvalue weighted by atomic mass is 9.92. The first-order chi connectivity index (χ1) is 9.08. The van der Waals surface area contributed by atoms with Crippen LogP contribution in [-0.4, -0.2) is 35.2 Å². The molecule has 19 heavy (non-hydrogen) atoms. The second kappa shape index (κ2) is 6.26. The summed E-state index contributed by atoms with van der Waals surface area (Å²) in [4.78, 5) is 13.7. The van der Waals surface area contributed by atoms with Crippen molar-refractivity contribution >= 4 is 23.3 Å². The van der Waals surface area contributed by atoms with E-state index in [4.69, 9.17) is 11.6 Å². The smallest absolute Gasteiger partial charge is 0.321 e. The number of hydrogen-bond acceptors (Lipinski definition) is 2. The van der Waals surface area contributed by atoms with E-state index in [0.29, 0.717) is 10.7 Å². The van der Waals surface area contributed by atoms with Crippen LogP contribution in [0.15, 0.2) is 24.3 Å². The molecule has 1 aromatic rings. The maximum Gasteiger partial charge on any atom is 0.321 e. The monoisotopic (exact) mass is 282 g/mol. The Kier molecular flexibility index (Phi) is 4.66. The Bertz CT molecular complexity index is 436. The molecule has 1 aliphatic carbocycles. The van der Waals surface area contributed by atoms with Crippen LogP contribution >= 0.6 is 11.6 Å². The topological polar surface area (TPSA) is 52.6 Å². The van der Waals surface area contributed by atoms with Crippen molar-refractivity contribution in [1.29, 1.82) is 0 Å². The molecular weight excluding hydrogens is 264 g/mol. The minimum atomic E-state index is -0.422. The Morgan fingerprint density at radius 3 is 2.58 bits per heavy atom. The van der Waals surface area contributed by atoms with E-state index in [1.54, 1.807) is 36.2 Å². The summed E-state index contributed by atoms with van der Waals surface area (Å²) in [5.74, 6) is 0. The fraction of sp³-hybridized carbons (Fsp3) is 0.500. The van der Waals surface area contributed by atoms with Crippen molar-refractivity contribution in [3.8, 4) is 0 Å². The van der Waals surface area contributed by atoms with Crippen LogP contribution in [0.2, 0.25) is 5.02 Å². The van der Waals surface area contributed by atoms with E-state index < -0.39 is 6.10 Å². The number of benzene rings is 1. The van der Waals surface area contributed by atoms with E-state index in [-0.39, 0.29) is 12.1 Å². The molecule has 2 atom stereocenters. The molecule has 0 aromatic heterocycles. The maximum absolute atomic E-state index is 12.1. The van der Waals surface area contributed by atoms with Gasteiger partial charge >= 0.3 is 6.03 Å². The van der Waals surface area contributed by atoms with Crippen molar-refractivity contribution in [2.24, 2.45) is 0 Å². The molecule has 104 valence electrons. The Morgan fingerprint density at radius 1 is 1.32 bits per heavy atom. The van der Waals surface area contributed by atoms with Crippen molar-refractivity contribution in [3.05, 3.63) is 29.3 Å². The summed E-state index contributed by atoms with van der Waals surface area (Å²) < 4.78 is 0. The third-order valence-electron chi connectivity index (χ3n) is 3.61. The molecule has 0 unspecified atom stereocenters. The summed E-state index contributed by atoms with van der Waals surface area (Å²) in [6, 6.07) is 6.67. The standard InChI is InChI=1S/C14H19ClN2O2/c1-17(12-4-2-3-5-13(12)18)14(19)16-11-8-6-10(15)7-9-11/h6-9,12-13,18H,2-5H2,1H3,(H,16,19)/t12-,13-/m0/s1.